The number of benzene rings is 2. The molecule has 0 aliphatic heterocycles. The van der Waals surface area contributed by atoms with Gasteiger partial charge in [0.1, 0.15) is 23.0 Å². The van der Waals surface area contributed by atoms with Crippen LogP contribution < -0.4 is 10.3 Å². The van der Waals surface area contributed by atoms with Crippen LogP contribution >= 0.6 is 0 Å². The lowest BCUT2D eigenvalue weighted by atomic mass is 9.99. The van der Waals surface area contributed by atoms with E-state index in [9.17, 15) is 22.3 Å². The number of fused-ring (bicyclic) bond motifs is 2. The summed E-state index contributed by atoms with van der Waals surface area (Å²) >= 11 is -2.40. The molecule has 1 atom stereocenters. The van der Waals surface area contributed by atoms with Gasteiger partial charge in [-0.2, -0.15) is 0 Å². The Morgan fingerprint density at radius 1 is 1.17 bits per heavy atom. The van der Waals surface area contributed by atoms with E-state index in [0.717, 1.165) is 28.1 Å². The van der Waals surface area contributed by atoms with E-state index in [1.165, 1.54) is 16.7 Å². The minimum atomic E-state index is -2.40. The average molecular weight is 511 g/mol. The van der Waals surface area contributed by atoms with Gasteiger partial charge >= 0.3 is 0 Å². The van der Waals surface area contributed by atoms with Crippen LogP contribution in [0.15, 0.2) is 53.6 Å². The monoisotopic (exact) mass is 510 g/mol. The van der Waals surface area contributed by atoms with Crippen molar-refractivity contribution in [2.45, 2.75) is 19.9 Å². The van der Waals surface area contributed by atoms with E-state index in [0.29, 0.717) is 34.4 Å². The number of aromatic nitrogens is 4. The average Bonchev–Trinajstić information content (AvgIpc) is 3.43. The van der Waals surface area contributed by atoms with Crippen molar-refractivity contribution in [3.8, 4) is 11.1 Å². The van der Waals surface area contributed by atoms with Crippen molar-refractivity contribution in [2.75, 3.05) is 6.54 Å². The summed E-state index contributed by atoms with van der Waals surface area (Å²) < 4.78 is 55.7. The summed E-state index contributed by atoms with van der Waals surface area (Å²) in [4.78, 5) is 20.3. The zero-order chi connectivity index (χ0) is 25.6. The molecule has 1 unspecified atom stereocenters. The third-order valence-corrected chi connectivity index (χ3v) is 6.73. The van der Waals surface area contributed by atoms with Gasteiger partial charge < -0.3 is 18.7 Å². The molecule has 0 spiro atoms. The summed E-state index contributed by atoms with van der Waals surface area (Å²) in [5.74, 6) is -0.678. The predicted octanol–water partition coefficient (Wildman–Crippen LogP) is 3.44. The second-order valence-electron chi connectivity index (χ2n) is 8.59. The Labute approximate surface area is 207 Å². The van der Waals surface area contributed by atoms with Crippen LogP contribution in [-0.2, 0) is 31.3 Å². The molecule has 3 heterocycles. The molecule has 186 valence electrons. The zero-order valence-corrected chi connectivity index (χ0v) is 20.3. The lowest BCUT2D eigenvalue weighted by molar-refractivity contribution is 0.523. The zero-order valence-electron chi connectivity index (χ0n) is 19.5. The second kappa shape index (κ2) is 9.41. The van der Waals surface area contributed by atoms with Crippen LogP contribution in [0.3, 0.4) is 0 Å². The molecule has 0 bridgehead atoms. The highest BCUT2D eigenvalue weighted by Crippen LogP contribution is 2.32. The molecule has 0 amide bonds. The van der Waals surface area contributed by atoms with Gasteiger partial charge in [-0.1, -0.05) is 6.07 Å². The smallest absolute Gasteiger partial charge is 0.274 e. The maximum absolute atomic E-state index is 14.5. The Hall–Kier alpha value is -3.67. The molecule has 5 rings (SSSR count). The van der Waals surface area contributed by atoms with Gasteiger partial charge in [0, 0.05) is 59.8 Å². The van der Waals surface area contributed by atoms with Crippen molar-refractivity contribution in [2.24, 2.45) is 7.05 Å². The van der Waals surface area contributed by atoms with E-state index >= 15 is 0 Å². The number of hydrogen-bond acceptors (Lipinski definition) is 4. The van der Waals surface area contributed by atoms with Crippen LogP contribution in [0.25, 0.3) is 33.1 Å². The molecule has 0 aliphatic carbocycles. The predicted molar refractivity (Wildman–Crippen MR) is 133 cm³/mol. The minimum Gasteiger partial charge on any atom is -0.760 e. The van der Waals surface area contributed by atoms with Gasteiger partial charge in [0.05, 0.1) is 17.6 Å². The molecule has 11 heteroatoms. The molecule has 2 aromatic carbocycles. The summed E-state index contributed by atoms with van der Waals surface area (Å²) in [7, 11) is 1.67. The van der Waals surface area contributed by atoms with E-state index in [4.69, 9.17) is 4.98 Å². The fourth-order valence-corrected chi connectivity index (χ4v) is 4.81. The first-order valence-corrected chi connectivity index (χ1v) is 12.2. The normalized spacial score (nSPS) is 12.6. The first kappa shape index (κ1) is 24.0. The highest BCUT2D eigenvalue weighted by atomic mass is 32.2. The number of nitrogens with zero attached hydrogens (tertiary/aromatic N) is 3. The van der Waals surface area contributed by atoms with E-state index < -0.39 is 22.9 Å². The highest BCUT2D eigenvalue weighted by molar-refractivity contribution is 7.77. The number of nitrogens with one attached hydrogen (secondary N) is 2. The van der Waals surface area contributed by atoms with E-state index in [1.807, 2.05) is 22.8 Å². The fraction of sp³-hybridized carbons (Fsp3) is 0.200. The SMILES string of the molecule is Cc1nc2c(CCNS(=O)[O-])cc(-c3cn(C)c(=O)c4[nH]ccc34)cc2n1Cc1ccc(F)cc1F. The topological polar surface area (TPSA) is 108 Å². The van der Waals surface area contributed by atoms with Gasteiger partial charge in [0.25, 0.3) is 5.56 Å². The van der Waals surface area contributed by atoms with Crippen molar-refractivity contribution in [1.82, 2.24) is 23.8 Å². The number of H-pyrrole nitrogens is 1. The largest absolute Gasteiger partial charge is 0.760 e. The number of imidazole rings is 1. The van der Waals surface area contributed by atoms with Gasteiger partial charge in [-0.3, -0.25) is 9.00 Å². The molecule has 0 aliphatic rings. The van der Waals surface area contributed by atoms with Gasteiger partial charge in [-0.25, -0.2) is 18.5 Å². The van der Waals surface area contributed by atoms with E-state index in [2.05, 4.69) is 9.71 Å². The number of halogens is 2. The Bertz CT molecular complexity index is 1710. The third-order valence-electron chi connectivity index (χ3n) is 6.29. The number of pyridine rings is 1. The maximum Gasteiger partial charge on any atom is 0.274 e. The number of aryl methyl sites for hydroxylation is 2. The summed E-state index contributed by atoms with van der Waals surface area (Å²) in [5.41, 5.74) is 4.38. The summed E-state index contributed by atoms with van der Waals surface area (Å²) in [6.07, 6.45) is 3.82. The quantitative estimate of drug-likeness (QED) is 0.327. The molecule has 0 fully saturated rings. The van der Waals surface area contributed by atoms with E-state index in [-0.39, 0.29) is 18.6 Å². The van der Waals surface area contributed by atoms with E-state index in [1.54, 1.807) is 26.4 Å². The van der Waals surface area contributed by atoms with Crippen molar-refractivity contribution in [3.05, 3.63) is 87.7 Å². The van der Waals surface area contributed by atoms with Gasteiger partial charge in [0.15, 0.2) is 0 Å². The Morgan fingerprint density at radius 3 is 2.72 bits per heavy atom. The van der Waals surface area contributed by atoms with Crippen molar-refractivity contribution in [1.29, 1.82) is 0 Å². The third kappa shape index (κ3) is 4.36. The number of rotatable bonds is 7. The molecular weight excluding hydrogens is 488 g/mol. The summed E-state index contributed by atoms with van der Waals surface area (Å²) in [6, 6.07) is 9.15. The Balaban J connectivity index is 1.72. The van der Waals surface area contributed by atoms with Crippen LogP contribution in [0, 0.1) is 18.6 Å². The molecule has 8 nitrogen and oxygen atoms in total. The Morgan fingerprint density at radius 2 is 1.97 bits per heavy atom. The lowest BCUT2D eigenvalue weighted by Gasteiger charge is -2.13. The molecule has 0 radical (unpaired) electrons. The first-order valence-electron chi connectivity index (χ1n) is 11.2. The van der Waals surface area contributed by atoms with Gasteiger partial charge in [-0.05, 0) is 48.7 Å². The molecule has 0 saturated heterocycles. The van der Waals surface area contributed by atoms with Gasteiger partial charge in [-0.15, -0.1) is 0 Å². The standard InChI is InChI=1S/C25H23F2N5O3S/c1-14-30-23-15(5-8-29-36(34)35)9-17(20-13-31(2)25(33)24-19(20)6-7-28-24)10-22(23)32(14)12-16-3-4-18(26)11-21(16)27/h3-4,6-7,9-11,13,28-29H,5,8,12H2,1-2H3,(H,34,35)/p-1. The van der Waals surface area contributed by atoms with Crippen LogP contribution in [-0.4, -0.2) is 34.4 Å². The number of aromatic amines is 1. The Kier molecular flexibility index (Phi) is 6.29. The number of hydrogen-bond donors (Lipinski definition) is 2. The van der Waals surface area contributed by atoms with Crippen molar-refractivity contribution < 1.29 is 17.5 Å². The van der Waals surface area contributed by atoms with Crippen molar-refractivity contribution >= 4 is 33.2 Å². The molecule has 2 N–H and O–H groups in total. The second-order valence-corrected chi connectivity index (χ2v) is 9.35. The minimum absolute atomic E-state index is 0.132. The maximum atomic E-state index is 14.5. The molecular formula is C25H22F2N5O3S-. The molecule has 5 aromatic rings. The van der Waals surface area contributed by atoms with Crippen LogP contribution in [0.4, 0.5) is 8.78 Å². The van der Waals surface area contributed by atoms with Crippen LogP contribution in [0.1, 0.15) is 17.0 Å². The summed E-state index contributed by atoms with van der Waals surface area (Å²) in [6.45, 7) is 2.10. The molecule has 36 heavy (non-hydrogen) atoms. The highest BCUT2D eigenvalue weighted by Gasteiger charge is 2.18. The van der Waals surface area contributed by atoms with Crippen LogP contribution in [0.5, 0.6) is 0 Å². The fourth-order valence-electron chi connectivity index (χ4n) is 4.54. The first-order chi connectivity index (χ1) is 17.2. The molecule has 0 saturated carbocycles. The lowest BCUT2D eigenvalue weighted by Crippen LogP contribution is -2.19. The molecule has 3 aromatic heterocycles. The van der Waals surface area contributed by atoms with Crippen molar-refractivity contribution in [3.63, 3.8) is 0 Å². The summed E-state index contributed by atoms with van der Waals surface area (Å²) in [5, 5.41) is 0.745. The van der Waals surface area contributed by atoms with Crippen LogP contribution in [0.2, 0.25) is 0 Å². The van der Waals surface area contributed by atoms with Gasteiger partial charge in [0.2, 0.25) is 0 Å².